The third-order valence-corrected chi connectivity index (χ3v) is 3.53. The number of aliphatic carboxylic acids is 1. The fourth-order valence-electron chi connectivity index (χ4n) is 2.12. The molecule has 0 aromatic heterocycles. The number of benzene rings is 2. The van der Waals surface area contributed by atoms with Crippen LogP contribution in [0.25, 0.3) is 0 Å². The quantitative estimate of drug-likeness (QED) is 0.770. The maximum atomic E-state index is 12.2. The number of carboxylic acid groups (broad SMARTS) is 1. The van der Waals surface area contributed by atoms with Crippen molar-refractivity contribution in [3.05, 3.63) is 59.7 Å². The molecule has 0 radical (unpaired) electrons. The number of nitrogens with one attached hydrogen (secondary N) is 1. The topological polar surface area (TPSA) is 84.9 Å². The van der Waals surface area contributed by atoms with Crippen molar-refractivity contribution < 1.29 is 24.2 Å². The Kier molecular flexibility index (Phi) is 6.54. The van der Waals surface area contributed by atoms with Crippen LogP contribution in [0.4, 0.5) is 5.69 Å². The minimum absolute atomic E-state index is 0.252. The summed E-state index contributed by atoms with van der Waals surface area (Å²) in [5.41, 5.74) is 2.40. The fraction of sp³-hybridized carbons (Fsp3) is 0.263. The van der Waals surface area contributed by atoms with E-state index in [1.165, 1.54) is 0 Å². The standard InChI is InChI=1S/C19H21NO5/c1-13-10-16(25-12-18(21)22)8-9-17(13)20-19(23)14(2)24-11-15-6-4-3-5-7-15/h3-10,14H,11-12H2,1-2H3,(H,20,23)(H,21,22). The maximum Gasteiger partial charge on any atom is 0.341 e. The van der Waals surface area contributed by atoms with Crippen LogP contribution in [-0.4, -0.2) is 29.7 Å². The molecule has 0 heterocycles. The van der Waals surface area contributed by atoms with E-state index < -0.39 is 18.7 Å². The summed E-state index contributed by atoms with van der Waals surface area (Å²) < 4.78 is 10.7. The molecule has 1 amide bonds. The molecule has 2 N–H and O–H groups in total. The number of rotatable bonds is 8. The van der Waals surface area contributed by atoms with E-state index in [9.17, 15) is 9.59 Å². The molecule has 132 valence electrons. The number of hydrogen-bond acceptors (Lipinski definition) is 4. The molecule has 2 aromatic rings. The minimum atomic E-state index is -1.04. The van der Waals surface area contributed by atoms with E-state index in [1.54, 1.807) is 32.0 Å². The van der Waals surface area contributed by atoms with Gasteiger partial charge in [0.05, 0.1) is 6.61 Å². The zero-order valence-corrected chi connectivity index (χ0v) is 14.2. The van der Waals surface area contributed by atoms with Gasteiger partial charge in [-0.15, -0.1) is 0 Å². The second kappa shape index (κ2) is 8.84. The SMILES string of the molecule is Cc1cc(OCC(=O)O)ccc1NC(=O)C(C)OCc1ccccc1. The Balaban J connectivity index is 1.89. The highest BCUT2D eigenvalue weighted by atomic mass is 16.5. The van der Waals surface area contributed by atoms with Gasteiger partial charge in [0.25, 0.3) is 5.91 Å². The van der Waals surface area contributed by atoms with E-state index >= 15 is 0 Å². The van der Waals surface area contributed by atoms with E-state index in [0.717, 1.165) is 11.1 Å². The van der Waals surface area contributed by atoms with Crippen LogP contribution in [0.3, 0.4) is 0 Å². The normalized spacial score (nSPS) is 11.6. The summed E-state index contributed by atoms with van der Waals surface area (Å²) in [6.45, 7) is 3.45. The Morgan fingerprint density at radius 1 is 1.16 bits per heavy atom. The first-order valence-electron chi connectivity index (χ1n) is 7.87. The smallest absolute Gasteiger partial charge is 0.341 e. The van der Waals surface area contributed by atoms with Crippen molar-refractivity contribution in [3.8, 4) is 5.75 Å². The Labute approximate surface area is 146 Å². The van der Waals surface area contributed by atoms with E-state index in [4.69, 9.17) is 14.6 Å². The molecule has 0 spiro atoms. The predicted molar refractivity (Wildman–Crippen MR) is 93.6 cm³/mol. The monoisotopic (exact) mass is 343 g/mol. The van der Waals surface area contributed by atoms with Crippen molar-refractivity contribution in [1.82, 2.24) is 0 Å². The number of carboxylic acids is 1. The summed E-state index contributed by atoms with van der Waals surface area (Å²) >= 11 is 0. The Bertz CT molecular complexity index is 730. The van der Waals surface area contributed by atoms with Gasteiger partial charge in [-0.2, -0.15) is 0 Å². The summed E-state index contributed by atoms with van der Waals surface area (Å²) in [5, 5.41) is 11.4. The van der Waals surface area contributed by atoms with E-state index in [-0.39, 0.29) is 5.91 Å². The van der Waals surface area contributed by atoms with Gasteiger partial charge in [0, 0.05) is 5.69 Å². The lowest BCUT2D eigenvalue weighted by atomic mass is 10.2. The number of ether oxygens (including phenoxy) is 2. The number of aryl methyl sites for hydroxylation is 1. The zero-order chi connectivity index (χ0) is 18.2. The van der Waals surface area contributed by atoms with Crippen molar-refractivity contribution in [1.29, 1.82) is 0 Å². The van der Waals surface area contributed by atoms with Crippen LogP contribution >= 0.6 is 0 Å². The van der Waals surface area contributed by atoms with Gasteiger partial charge in [0.15, 0.2) is 6.61 Å². The first-order valence-corrected chi connectivity index (χ1v) is 7.87. The predicted octanol–water partition coefficient (Wildman–Crippen LogP) is 3.00. The summed E-state index contributed by atoms with van der Waals surface area (Å²) in [6, 6.07) is 14.6. The average molecular weight is 343 g/mol. The van der Waals surface area contributed by atoms with Crippen LogP contribution in [0, 0.1) is 6.92 Å². The van der Waals surface area contributed by atoms with Crippen LogP contribution in [0.1, 0.15) is 18.1 Å². The molecule has 0 saturated heterocycles. The van der Waals surface area contributed by atoms with Gasteiger partial charge in [-0.05, 0) is 43.2 Å². The Morgan fingerprint density at radius 2 is 1.88 bits per heavy atom. The molecule has 0 aliphatic carbocycles. The number of amides is 1. The molecule has 0 fully saturated rings. The molecule has 6 nitrogen and oxygen atoms in total. The highest BCUT2D eigenvalue weighted by Crippen LogP contribution is 2.21. The molecule has 0 aliphatic heterocycles. The third kappa shape index (κ3) is 5.93. The number of anilines is 1. The van der Waals surface area contributed by atoms with E-state index in [1.807, 2.05) is 30.3 Å². The van der Waals surface area contributed by atoms with Crippen LogP contribution < -0.4 is 10.1 Å². The van der Waals surface area contributed by atoms with E-state index in [2.05, 4.69) is 5.32 Å². The molecule has 0 saturated carbocycles. The summed E-state index contributed by atoms with van der Waals surface area (Å²) in [7, 11) is 0. The lowest BCUT2D eigenvalue weighted by Gasteiger charge is -2.15. The zero-order valence-electron chi connectivity index (χ0n) is 14.2. The fourth-order valence-corrected chi connectivity index (χ4v) is 2.12. The van der Waals surface area contributed by atoms with E-state index in [0.29, 0.717) is 18.0 Å². The van der Waals surface area contributed by atoms with Gasteiger partial charge in [-0.3, -0.25) is 4.79 Å². The molecule has 25 heavy (non-hydrogen) atoms. The molecule has 2 rings (SSSR count). The molecular formula is C19H21NO5. The largest absolute Gasteiger partial charge is 0.482 e. The third-order valence-electron chi connectivity index (χ3n) is 3.53. The van der Waals surface area contributed by atoms with Crippen molar-refractivity contribution in [2.75, 3.05) is 11.9 Å². The van der Waals surface area contributed by atoms with Gasteiger partial charge >= 0.3 is 5.97 Å². The molecule has 2 aromatic carbocycles. The number of carbonyl (C=O) groups excluding carboxylic acids is 1. The number of hydrogen-bond donors (Lipinski definition) is 2. The highest BCUT2D eigenvalue weighted by molar-refractivity contribution is 5.94. The van der Waals surface area contributed by atoms with Crippen LogP contribution in [0.2, 0.25) is 0 Å². The summed E-state index contributed by atoms with van der Waals surface area (Å²) in [6.07, 6.45) is -0.609. The van der Waals surface area contributed by atoms with Crippen molar-refractivity contribution in [3.63, 3.8) is 0 Å². The molecule has 0 bridgehead atoms. The Hall–Kier alpha value is -2.86. The van der Waals surface area contributed by atoms with Crippen LogP contribution in [-0.2, 0) is 20.9 Å². The van der Waals surface area contributed by atoms with Crippen LogP contribution in [0.5, 0.6) is 5.75 Å². The average Bonchev–Trinajstić information content (AvgIpc) is 2.60. The minimum Gasteiger partial charge on any atom is -0.482 e. The lowest BCUT2D eigenvalue weighted by molar-refractivity contribution is -0.139. The second-order valence-corrected chi connectivity index (χ2v) is 5.59. The molecule has 1 atom stereocenters. The second-order valence-electron chi connectivity index (χ2n) is 5.59. The highest BCUT2D eigenvalue weighted by Gasteiger charge is 2.15. The van der Waals surface area contributed by atoms with Gasteiger partial charge in [-0.1, -0.05) is 30.3 Å². The summed E-state index contributed by atoms with van der Waals surface area (Å²) in [5.74, 6) is -0.857. The van der Waals surface area contributed by atoms with Crippen LogP contribution in [0.15, 0.2) is 48.5 Å². The molecule has 0 aliphatic rings. The van der Waals surface area contributed by atoms with Crippen molar-refractivity contribution in [2.24, 2.45) is 0 Å². The molecular weight excluding hydrogens is 322 g/mol. The first-order chi connectivity index (χ1) is 12.0. The van der Waals surface area contributed by atoms with Crippen molar-refractivity contribution >= 4 is 17.6 Å². The van der Waals surface area contributed by atoms with Gasteiger partial charge in [-0.25, -0.2) is 4.79 Å². The van der Waals surface area contributed by atoms with Gasteiger partial charge < -0.3 is 19.9 Å². The number of carbonyl (C=O) groups is 2. The molecule has 1 unspecified atom stereocenters. The van der Waals surface area contributed by atoms with Gasteiger partial charge in [0.2, 0.25) is 0 Å². The molecule has 6 heteroatoms. The lowest BCUT2D eigenvalue weighted by Crippen LogP contribution is -2.27. The van der Waals surface area contributed by atoms with Crippen molar-refractivity contribution in [2.45, 2.75) is 26.6 Å². The first kappa shape index (κ1) is 18.5. The van der Waals surface area contributed by atoms with Gasteiger partial charge in [0.1, 0.15) is 11.9 Å². The maximum absolute atomic E-state index is 12.2. The summed E-state index contributed by atoms with van der Waals surface area (Å²) in [4.78, 5) is 22.8. The Morgan fingerprint density at radius 3 is 2.52 bits per heavy atom.